The molecule has 1 amide bonds. The molecule has 3 N–H and O–H groups in total. The summed E-state index contributed by atoms with van der Waals surface area (Å²) in [5.74, 6) is -0.293. The van der Waals surface area contributed by atoms with Crippen LogP contribution in [-0.2, 0) is 15.1 Å². The predicted octanol–water partition coefficient (Wildman–Crippen LogP) is 3.81. The van der Waals surface area contributed by atoms with Crippen molar-refractivity contribution < 1.29 is 13.9 Å². The van der Waals surface area contributed by atoms with Gasteiger partial charge in [-0.25, -0.2) is 13.9 Å². The maximum atomic E-state index is 14.4. The van der Waals surface area contributed by atoms with Gasteiger partial charge in [0.2, 0.25) is 5.91 Å². The molecule has 2 aromatic heterocycles. The van der Waals surface area contributed by atoms with Crippen LogP contribution < -0.4 is 11.1 Å². The van der Waals surface area contributed by atoms with E-state index in [1.165, 1.54) is 16.8 Å². The number of halogens is 2. The van der Waals surface area contributed by atoms with Gasteiger partial charge in [0.15, 0.2) is 11.8 Å². The smallest absolute Gasteiger partial charge is 0.232 e. The van der Waals surface area contributed by atoms with Gasteiger partial charge in [0.05, 0.1) is 40.8 Å². The maximum absolute atomic E-state index is 14.4. The Morgan fingerprint density at radius 3 is 2.85 bits per heavy atom. The fourth-order valence-electron chi connectivity index (χ4n) is 4.60. The Morgan fingerprint density at radius 2 is 2.09 bits per heavy atom. The Kier molecular flexibility index (Phi) is 5.46. The van der Waals surface area contributed by atoms with Gasteiger partial charge in [-0.05, 0) is 31.9 Å². The molecule has 0 unspecified atom stereocenters. The average Bonchev–Trinajstić information content (AvgIpc) is 3.24. The Morgan fingerprint density at radius 1 is 1.30 bits per heavy atom. The molecular formula is C23H24ClFN6O2. The quantitative estimate of drug-likeness (QED) is 0.604. The van der Waals surface area contributed by atoms with Crippen LogP contribution in [0, 0.1) is 5.82 Å². The first-order valence-electron chi connectivity index (χ1n) is 10.8. The molecule has 2 aliphatic heterocycles. The van der Waals surface area contributed by atoms with Crippen LogP contribution in [0.3, 0.4) is 0 Å². The highest BCUT2D eigenvalue weighted by Gasteiger charge is 2.41. The van der Waals surface area contributed by atoms with E-state index >= 15 is 0 Å². The normalized spacial score (nSPS) is 22.0. The summed E-state index contributed by atoms with van der Waals surface area (Å²) in [4.78, 5) is 19.5. The van der Waals surface area contributed by atoms with Crippen LogP contribution in [0.4, 0.5) is 15.8 Å². The van der Waals surface area contributed by atoms with E-state index in [9.17, 15) is 9.18 Å². The molecule has 172 valence electrons. The first-order chi connectivity index (χ1) is 15.9. The first-order valence-corrected chi connectivity index (χ1v) is 11.2. The summed E-state index contributed by atoms with van der Waals surface area (Å²) in [6, 6.07) is 8.41. The molecular weight excluding hydrogens is 447 g/mol. The van der Waals surface area contributed by atoms with Crippen LogP contribution in [-0.4, -0.2) is 45.6 Å². The number of nitrogens with two attached hydrogens (primary N) is 1. The number of nitrogens with one attached hydrogen (secondary N) is 1. The number of guanidine groups is 1. The molecule has 4 heterocycles. The lowest BCUT2D eigenvalue weighted by atomic mass is 9.86. The fraction of sp³-hybridized carbons (Fsp3) is 0.348. The van der Waals surface area contributed by atoms with Gasteiger partial charge in [-0.1, -0.05) is 23.7 Å². The van der Waals surface area contributed by atoms with Crippen LogP contribution in [0.5, 0.6) is 0 Å². The SMILES string of the molecule is C[C@@]1(c2cccc(Nc3cc(F)c4ccnn4c3)c2Cl)CC(=O)N(C2CCOCC2)C(N)=N1. The predicted molar refractivity (Wildman–Crippen MR) is 124 cm³/mol. The van der Waals surface area contributed by atoms with Crippen LogP contribution >= 0.6 is 11.6 Å². The Hall–Kier alpha value is -3.17. The van der Waals surface area contributed by atoms with Gasteiger partial charge in [0, 0.05) is 30.9 Å². The van der Waals surface area contributed by atoms with Crippen molar-refractivity contribution in [2.24, 2.45) is 10.7 Å². The zero-order valence-corrected chi connectivity index (χ0v) is 18.8. The topological polar surface area (TPSA) is 97.2 Å². The number of pyridine rings is 1. The number of carbonyl (C=O) groups is 1. The van der Waals surface area contributed by atoms with Gasteiger partial charge in [0.25, 0.3) is 0 Å². The van der Waals surface area contributed by atoms with Crippen molar-refractivity contribution in [1.82, 2.24) is 14.5 Å². The van der Waals surface area contributed by atoms with Crippen molar-refractivity contribution in [1.29, 1.82) is 0 Å². The lowest BCUT2D eigenvalue weighted by Crippen LogP contribution is -2.55. The summed E-state index contributed by atoms with van der Waals surface area (Å²) in [5, 5.41) is 7.64. The van der Waals surface area contributed by atoms with E-state index in [-0.39, 0.29) is 24.3 Å². The van der Waals surface area contributed by atoms with E-state index in [0.29, 0.717) is 40.7 Å². The Bertz CT molecular complexity index is 1250. The summed E-state index contributed by atoms with van der Waals surface area (Å²) >= 11 is 6.77. The molecule has 0 radical (unpaired) electrons. The summed E-state index contributed by atoms with van der Waals surface area (Å²) in [6.45, 7) is 3.05. The van der Waals surface area contributed by atoms with Crippen LogP contribution in [0.2, 0.25) is 5.02 Å². The number of fused-ring (bicyclic) bond motifs is 1. The Balaban J connectivity index is 1.46. The number of amides is 1. The second kappa shape index (κ2) is 8.31. The van der Waals surface area contributed by atoms with E-state index < -0.39 is 11.4 Å². The number of aromatic nitrogens is 2. The van der Waals surface area contributed by atoms with Gasteiger partial charge in [0.1, 0.15) is 5.52 Å². The summed E-state index contributed by atoms with van der Waals surface area (Å²) in [7, 11) is 0. The van der Waals surface area contributed by atoms with Crippen molar-refractivity contribution >= 4 is 40.4 Å². The lowest BCUT2D eigenvalue weighted by molar-refractivity contribution is -0.132. The molecule has 5 rings (SSSR count). The minimum absolute atomic E-state index is 0.00451. The molecule has 0 aliphatic carbocycles. The third-order valence-electron chi connectivity index (χ3n) is 6.24. The number of rotatable bonds is 4. The summed E-state index contributed by atoms with van der Waals surface area (Å²) in [5.41, 5.74) is 7.46. The van der Waals surface area contributed by atoms with Crippen LogP contribution in [0.15, 0.2) is 47.7 Å². The number of carbonyl (C=O) groups excluding carboxylic acids is 1. The van der Waals surface area contributed by atoms with E-state index in [1.54, 1.807) is 23.2 Å². The van der Waals surface area contributed by atoms with Gasteiger partial charge in [-0.2, -0.15) is 5.10 Å². The molecule has 10 heteroatoms. The van der Waals surface area contributed by atoms with Crippen molar-refractivity contribution in [3.63, 3.8) is 0 Å². The molecule has 0 spiro atoms. The number of anilines is 2. The van der Waals surface area contributed by atoms with E-state index in [0.717, 1.165) is 12.8 Å². The van der Waals surface area contributed by atoms with E-state index in [2.05, 4.69) is 10.4 Å². The standard InChI is InChI=1S/C23H24ClFN6O2/c1-23(12-20(32)31(22(26)29-23)15-6-9-33-10-7-15)16-3-2-4-18(21(16)24)28-14-11-17(25)19-5-8-27-30(19)13-14/h2-5,8,11,13,15,28H,6-7,9-10,12H2,1H3,(H2,26,29)/t23-/m0/s1. The van der Waals surface area contributed by atoms with Crippen molar-refractivity contribution in [3.8, 4) is 0 Å². The highest BCUT2D eigenvalue weighted by Crippen LogP contribution is 2.41. The van der Waals surface area contributed by atoms with Crippen molar-refractivity contribution in [2.45, 2.75) is 37.8 Å². The average molecular weight is 471 g/mol. The number of aliphatic imine (C=N–C) groups is 1. The molecule has 2 aliphatic rings. The van der Waals surface area contributed by atoms with Gasteiger partial charge >= 0.3 is 0 Å². The van der Waals surface area contributed by atoms with E-state index in [4.69, 9.17) is 27.1 Å². The molecule has 1 saturated heterocycles. The highest BCUT2D eigenvalue weighted by molar-refractivity contribution is 6.34. The number of ether oxygens (including phenoxy) is 1. The van der Waals surface area contributed by atoms with Crippen LogP contribution in [0.1, 0.15) is 31.7 Å². The zero-order valence-electron chi connectivity index (χ0n) is 18.1. The van der Waals surface area contributed by atoms with Crippen LogP contribution in [0.25, 0.3) is 5.52 Å². The lowest BCUT2D eigenvalue weighted by Gasteiger charge is -2.40. The second-order valence-corrected chi connectivity index (χ2v) is 8.94. The number of benzene rings is 1. The second-order valence-electron chi connectivity index (χ2n) is 8.56. The fourth-order valence-corrected chi connectivity index (χ4v) is 4.97. The minimum Gasteiger partial charge on any atom is -0.381 e. The molecule has 1 fully saturated rings. The monoisotopic (exact) mass is 470 g/mol. The summed E-state index contributed by atoms with van der Waals surface area (Å²) < 4.78 is 21.2. The van der Waals surface area contributed by atoms with Crippen molar-refractivity contribution in [3.05, 3.63) is 59.1 Å². The maximum Gasteiger partial charge on any atom is 0.232 e. The third kappa shape index (κ3) is 3.91. The molecule has 3 aromatic rings. The van der Waals surface area contributed by atoms with E-state index in [1.807, 2.05) is 19.1 Å². The number of hydrogen-bond acceptors (Lipinski definition) is 6. The molecule has 8 nitrogen and oxygen atoms in total. The van der Waals surface area contributed by atoms with Gasteiger partial charge in [-0.15, -0.1) is 0 Å². The highest BCUT2D eigenvalue weighted by atomic mass is 35.5. The molecule has 33 heavy (non-hydrogen) atoms. The molecule has 1 atom stereocenters. The summed E-state index contributed by atoms with van der Waals surface area (Å²) in [6.07, 6.45) is 4.81. The first kappa shape index (κ1) is 21.7. The number of hydrogen-bond donors (Lipinski definition) is 2. The van der Waals surface area contributed by atoms with Crippen molar-refractivity contribution in [2.75, 3.05) is 18.5 Å². The molecule has 1 aromatic carbocycles. The largest absolute Gasteiger partial charge is 0.381 e. The molecule has 0 saturated carbocycles. The van der Waals surface area contributed by atoms with Gasteiger partial charge in [-0.3, -0.25) is 9.69 Å². The zero-order chi connectivity index (χ0) is 23.2. The number of nitrogens with zero attached hydrogens (tertiary/aromatic N) is 4. The van der Waals surface area contributed by atoms with Gasteiger partial charge < -0.3 is 15.8 Å². The molecule has 0 bridgehead atoms. The third-order valence-corrected chi connectivity index (χ3v) is 6.65. The minimum atomic E-state index is -0.922. The Labute approximate surface area is 195 Å².